The van der Waals surface area contributed by atoms with Gasteiger partial charge in [0.05, 0.1) is 58.9 Å². The highest BCUT2D eigenvalue weighted by Gasteiger charge is 2.32. The lowest BCUT2D eigenvalue weighted by atomic mass is 9.76. The van der Waals surface area contributed by atoms with E-state index in [-0.39, 0.29) is 126 Å². The molecule has 0 saturated heterocycles. The average Bonchev–Trinajstić information content (AvgIpc) is 1.17. The number of esters is 5. The third-order valence-corrected chi connectivity index (χ3v) is 9.71. The lowest BCUT2D eigenvalue weighted by Crippen LogP contribution is -2.38. The number of ketones is 2. The SMILES string of the molecule is C.CC(C)(C)C(=O)C(C)(C)C.CC(C)(C)OC(=O)CCC(N)C(=O)OC(C)(C)C.CC(C)(C)OC(C)(C)C.CC(C)(C)OCOC(C)(C)C.CC(C)C(=O)NCCOC(=O)C(C)C.CC(C)C(=O)OC(=O)C(C)C.CC(C)CC(=O)C(C)C.CC(C)OC(C)OC(C)C. The van der Waals surface area contributed by atoms with Gasteiger partial charge >= 0.3 is 29.8 Å². The van der Waals surface area contributed by atoms with Crippen LogP contribution in [0.3, 0.4) is 0 Å². The van der Waals surface area contributed by atoms with Gasteiger partial charge in [-0.2, -0.15) is 0 Å². The number of amides is 1. The smallest absolute Gasteiger partial charge is 0.323 e. The quantitative estimate of drug-likeness (QED) is 0.0377. The van der Waals surface area contributed by atoms with E-state index in [1.54, 1.807) is 83.1 Å². The minimum absolute atomic E-state index is 0. The molecule has 19 heteroatoms. The Morgan fingerprint density at radius 3 is 0.978 bits per heavy atom. The van der Waals surface area contributed by atoms with Crippen molar-refractivity contribution in [2.75, 3.05) is 19.9 Å². The predicted molar refractivity (Wildman–Crippen MR) is 382 cm³/mol. The Morgan fingerprint density at radius 2 is 0.763 bits per heavy atom. The highest BCUT2D eigenvalue weighted by Crippen LogP contribution is 2.28. The van der Waals surface area contributed by atoms with Crippen LogP contribution in [0.25, 0.3) is 0 Å². The Balaban J connectivity index is -0.000000125. The maximum Gasteiger partial charge on any atom is 0.323 e. The van der Waals surface area contributed by atoms with Crippen LogP contribution in [0.15, 0.2) is 0 Å². The molecule has 3 N–H and O–H groups in total. The molecule has 0 aliphatic rings. The predicted octanol–water partition coefficient (Wildman–Crippen LogP) is 17.0. The summed E-state index contributed by atoms with van der Waals surface area (Å²) in [6, 6.07) is -0.795. The van der Waals surface area contributed by atoms with Gasteiger partial charge in [0, 0.05) is 35.5 Å². The van der Waals surface area contributed by atoms with Crippen molar-refractivity contribution in [2.45, 2.75) is 369 Å². The average molecular weight is 1340 g/mol. The van der Waals surface area contributed by atoms with Crippen LogP contribution in [0.5, 0.6) is 0 Å². The van der Waals surface area contributed by atoms with Crippen LogP contribution in [0, 0.1) is 46.3 Å². The second-order valence-corrected chi connectivity index (χ2v) is 33.0. The number of nitrogens with one attached hydrogen (secondary N) is 1. The van der Waals surface area contributed by atoms with E-state index in [1.165, 1.54) is 0 Å². The molecule has 0 bridgehead atoms. The van der Waals surface area contributed by atoms with Crippen LogP contribution in [0.1, 0.15) is 311 Å². The monoisotopic (exact) mass is 1340 g/mol. The second kappa shape index (κ2) is 51.4. The normalized spacial score (nSPS) is 12.2. The van der Waals surface area contributed by atoms with Gasteiger partial charge in [-0.1, -0.05) is 132 Å². The van der Waals surface area contributed by atoms with Crippen molar-refractivity contribution in [2.24, 2.45) is 52.1 Å². The summed E-state index contributed by atoms with van der Waals surface area (Å²) in [5.41, 5.74) is 3.93. The molecule has 0 aromatic rings. The summed E-state index contributed by atoms with van der Waals surface area (Å²) in [4.78, 5) is 89.1. The zero-order valence-corrected chi connectivity index (χ0v) is 67.0. The number of nitrogens with two attached hydrogens (primary N) is 1. The molecule has 560 valence electrons. The van der Waals surface area contributed by atoms with E-state index in [4.69, 9.17) is 43.6 Å². The number of hydrogen-bond donors (Lipinski definition) is 2. The Bertz CT molecular complexity index is 1890. The molecular formula is C74H152N2O17. The molecule has 0 aromatic heterocycles. The van der Waals surface area contributed by atoms with Crippen molar-refractivity contribution >= 4 is 47.3 Å². The summed E-state index contributed by atoms with van der Waals surface area (Å²) in [6.07, 6.45) is 1.47. The van der Waals surface area contributed by atoms with Crippen molar-refractivity contribution < 1.29 is 81.0 Å². The topological polar surface area (TPSA) is 258 Å². The molecule has 0 heterocycles. The molecule has 1 atom stereocenters. The largest absolute Gasteiger partial charge is 0.464 e. The van der Waals surface area contributed by atoms with Gasteiger partial charge in [-0.15, -0.1) is 0 Å². The molecule has 0 aromatic carbocycles. The molecule has 1 unspecified atom stereocenters. The van der Waals surface area contributed by atoms with Crippen LogP contribution in [-0.4, -0.2) is 125 Å². The van der Waals surface area contributed by atoms with Crippen LogP contribution < -0.4 is 11.1 Å². The summed E-state index contributed by atoms with van der Waals surface area (Å²) in [5.74, 6) is -1.21. The second-order valence-electron chi connectivity index (χ2n) is 33.0. The van der Waals surface area contributed by atoms with Crippen LogP contribution in [0.2, 0.25) is 0 Å². The van der Waals surface area contributed by atoms with Crippen molar-refractivity contribution in [1.82, 2.24) is 5.32 Å². The standard InChI is InChI=1S/C13H25NO4.C10H19NO3.C9H20O2.C9H18O.C8H14O3.C8H18O2.C8H18O.C8H16O.CH4/c1-12(2,3)17-10(15)8-7-9(14)11(16)18-13(4,5)6;1-7(2)9(12)11-5-6-14-10(13)8(3)4;1-8(2,3)10-7-11-9(4,5)6;1-8(2,3)7(10)9(4,5)6;1-5(2)7(9)11-8(10)6(3)4;1-6(2)9-8(5)10-7(3)4;1-7(2,3)9-8(4,5)6;1-6(2)5-8(9)7(3)4;/h9H,7-8,14H2,1-6H3;7-8H,5-6H2,1-4H3,(H,11,12);7H2,1-6H3;1-6H3;5-6H,1-4H3;6-8H,1-5H3;1-6H3;6-7H,5H2,1-4H3;1H4. The van der Waals surface area contributed by atoms with E-state index < -0.39 is 35.2 Å². The maximum absolute atomic E-state index is 11.6. The molecule has 19 nitrogen and oxygen atoms in total. The van der Waals surface area contributed by atoms with E-state index in [1.807, 2.05) is 145 Å². The number of rotatable bonds is 20. The van der Waals surface area contributed by atoms with E-state index >= 15 is 0 Å². The summed E-state index contributed by atoms with van der Waals surface area (Å²) >= 11 is 0. The van der Waals surface area contributed by atoms with Crippen LogP contribution in [0.4, 0.5) is 0 Å². The van der Waals surface area contributed by atoms with Crippen molar-refractivity contribution in [3.8, 4) is 0 Å². The lowest BCUT2D eigenvalue weighted by molar-refractivity contribution is -0.169. The summed E-state index contributed by atoms with van der Waals surface area (Å²) in [5, 5.41) is 2.66. The number of Topliss-reactive ketones (excluding diaryl/α,β-unsaturated/α-hetero) is 2. The molecule has 0 spiro atoms. The highest BCUT2D eigenvalue weighted by molar-refractivity contribution is 5.88. The van der Waals surface area contributed by atoms with E-state index in [0.717, 1.165) is 6.42 Å². The summed E-state index contributed by atoms with van der Waals surface area (Å²) < 4.78 is 46.7. The molecule has 0 aliphatic carbocycles. The van der Waals surface area contributed by atoms with Gasteiger partial charge < -0.3 is 53.7 Å². The first-order valence-corrected chi connectivity index (χ1v) is 33.2. The molecule has 0 fully saturated rings. The maximum atomic E-state index is 11.6. The van der Waals surface area contributed by atoms with Crippen LogP contribution in [-0.2, 0) is 81.0 Å². The Kier molecular flexibility index (Phi) is 59.5. The van der Waals surface area contributed by atoms with Gasteiger partial charge in [0.15, 0.2) is 6.29 Å². The summed E-state index contributed by atoms with van der Waals surface area (Å²) in [6.45, 7) is 79.8. The fourth-order valence-electron chi connectivity index (χ4n) is 6.06. The number of ether oxygens (including phenoxy) is 9. The van der Waals surface area contributed by atoms with Gasteiger partial charge in [0.2, 0.25) is 5.91 Å². The van der Waals surface area contributed by atoms with Gasteiger partial charge in [-0.3, -0.25) is 38.4 Å². The summed E-state index contributed by atoms with van der Waals surface area (Å²) in [7, 11) is 0. The Morgan fingerprint density at radius 1 is 0.419 bits per heavy atom. The van der Waals surface area contributed by atoms with Crippen molar-refractivity contribution in [3.63, 3.8) is 0 Å². The number of hydrogen-bond acceptors (Lipinski definition) is 18. The van der Waals surface area contributed by atoms with Gasteiger partial charge in [-0.05, 0) is 172 Å². The molecule has 0 radical (unpaired) electrons. The molecule has 93 heavy (non-hydrogen) atoms. The number of carbonyl (C=O) groups is 8. The highest BCUT2D eigenvalue weighted by atomic mass is 16.7. The molecular weight excluding hydrogens is 1190 g/mol. The van der Waals surface area contributed by atoms with Crippen LogP contribution >= 0.6 is 0 Å². The molecule has 0 aliphatic heterocycles. The lowest BCUT2D eigenvalue weighted by Gasteiger charge is -2.30. The van der Waals surface area contributed by atoms with Gasteiger partial charge in [-0.25, -0.2) is 0 Å². The van der Waals surface area contributed by atoms with E-state index in [2.05, 4.69) is 65.4 Å². The number of carbonyl (C=O) groups excluding carboxylic acids is 8. The van der Waals surface area contributed by atoms with E-state index in [0.29, 0.717) is 30.8 Å². The fraction of sp³-hybridized carbons (Fsp3) is 0.892. The molecule has 1 amide bonds. The minimum atomic E-state index is -0.795. The molecule has 0 saturated carbocycles. The zero-order chi connectivity index (χ0) is 75.7. The zero-order valence-electron chi connectivity index (χ0n) is 67.0. The first-order valence-electron chi connectivity index (χ1n) is 33.2. The Hall–Kier alpha value is -3.88. The van der Waals surface area contributed by atoms with Crippen molar-refractivity contribution in [1.29, 1.82) is 0 Å². The third-order valence-electron chi connectivity index (χ3n) is 9.71. The van der Waals surface area contributed by atoms with Gasteiger partial charge in [0.1, 0.15) is 42.2 Å². The third kappa shape index (κ3) is 92.4. The first kappa shape index (κ1) is 108. The van der Waals surface area contributed by atoms with E-state index in [9.17, 15) is 38.4 Å². The van der Waals surface area contributed by atoms with Crippen molar-refractivity contribution in [3.05, 3.63) is 0 Å². The fourth-order valence-corrected chi connectivity index (χ4v) is 6.06. The van der Waals surface area contributed by atoms with Gasteiger partial charge in [0.25, 0.3) is 0 Å². The Labute approximate surface area is 572 Å². The minimum Gasteiger partial charge on any atom is -0.464 e. The molecule has 0 rings (SSSR count). The first-order chi connectivity index (χ1) is 40.4.